The maximum absolute atomic E-state index is 14.0. The molecule has 1 fully saturated rings. The molecule has 1 saturated carbocycles. The number of rotatable bonds is 10. The lowest BCUT2D eigenvalue weighted by molar-refractivity contribution is -0.160. The summed E-state index contributed by atoms with van der Waals surface area (Å²) in [7, 11) is 1.57. The minimum absolute atomic E-state index is 0.00612. The van der Waals surface area contributed by atoms with E-state index in [4.69, 9.17) is 14.2 Å². The van der Waals surface area contributed by atoms with Crippen molar-refractivity contribution in [2.75, 3.05) is 13.7 Å². The first-order valence-corrected chi connectivity index (χ1v) is 13.6. The fourth-order valence-corrected chi connectivity index (χ4v) is 5.58. The lowest BCUT2D eigenvalue weighted by atomic mass is 9.91. The lowest BCUT2D eigenvalue weighted by Gasteiger charge is -2.37. The topological polar surface area (TPSA) is 85.3 Å². The predicted molar refractivity (Wildman–Crippen MR) is 147 cm³/mol. The second kappa shape index (κ2) is 12.3. The quantitative estimate of drug-likeness (QED) is 0.381. The van der Waals surface area contributed by atoms with Crippen molar-refractivity contribution >= 4 is 11.9 Å². The first kappa shape index (κ1) is 26.8. The third kappa shape index (κ3) is 6.09. The summed E-state index contributed by atoms with van der Waals surface area (Å²) in [6, 6.07) is 22.1. The summed E-state index contributed by atoms with van der Waals surface area (Å²) in [5.41, 5.74) is 3.51. The molecule has 2 aliphatic rings. The number of carbonyl (C=O) groups is 2. The van der Waals surface area contributed by atoms with E-state index < -0.39 is 18.1 Å². The Morgan fingerprint density at radius 3 is 2.33 bits per heavy atom. The molecule has 7 heteroatoms. The minimum atomic E-state index is -1.06. The number of amides is 1. The maximum atomic E-state index is 14.0. The Morgan fingerprint density at radius 2 is 1.67 bits per heavy atom. The molecule has 0 radical (unpaired) electrons. The predicted octanol–water partition coefficient (Wildman–Crippen LogP) is 5.36. The molecule has 3 aromatic carbocycles. The molecular formula is C32H35NO6. The van der Waals surface area contributed by atoms with Crippen molar-refractivity contribution < 1.29 is 28.9 Å². The fraction of sp³-hybridized carbons (Fsp3) is 0.375. The van der Waals surface area contributed by atoms with Gasteiger partial charge in [0.25, 0.3) is 5.91 Å². The van der Waals surface area contributed by atoms with Gasteiger partial charge in [-0.05, 0) is 35.6 Å². The van der Waals surface area contributed by atoms with Gasteiger partial charge in [0.1, 0.15) is 6.04 Å². The molecule has 7 nitrogen and oxygen atoms in total. The zero-order valence-electron chi connectivity index (χ0n) is 22.3. The van der Waals surface area contributed by atoms with Gasteiger partial charge in [0.15, 0.2) is 17.6 Å². The Morgan fingerprint density at radius 1 is 0.974 bits per heavy atom. The molecule has 1 aliphatic carbocycles. The number of carboxylic acid groups (broad SMARTS) is 1. The van der Waals surface area contributed by atoms with Gasteiger partial charge in [0.05, 0.1) is 19.8 Å². The van der Waals surface area contributed by atoms with Gasteiger partial charge in [0, 0.05) is 24.9 Å². The molecule has 1 amide bonds. The van der Waals surface area contributed by atoms with Crippen LogP contribution in [0.4, 0.5) is 0 Å². The third-order valence-corrected chi connectivity index (χ3v) is 7.66. The Bertz CT molecular complexity index is 1270. The van der Waals surface area contributed by atoms with Crippen LogP contribution in [0.25, 0.3) is 0 Å². The highest BCUT2D eigenvalue weighted by Gasteiger charge is 2.40. The lowest BCUT2D eigenvalue weighted by Crippen LogP contribution is -2.50. The Balaban J connectivity index is 1.42. The summed E-state index contributed by atoms with van der Waals surface area (Å²) in [6.45, 7) is 0.573. The molecule has 39 heavy (non-hydrogen) atoms. The summed E-state index contributed by atoms with van der Waals surface area (Å²) >= 11 is 0. The number of ether oxygens (including phenoxy) is 3. The SMILES string of the molecule is COc1ccc2c(c1OCCc1ccccc1)C[C@@H](C(=O)O)N(C(=O)[C@@H](OC1CCCC1)c1ccccc1)C2. The van der Waals surface area contributed by atoms with Crippen LogP contribution in [0.1, 0.15) is 54.0 Å². The molecule has 3 aromatic rings. The largest absolute Gasteiger partial charge is 0.493 e. The highest BCUT2D eigenvalue weighted by Crippen LogP contribution is 2.40. The molecule has 0 unspecified atom stereocenters. The van der Waals surface area contributed by atoms with Gasteiger partial charge in [-0.15, -0.1) is 0 Å². The molecule has 204 valence electrons. The number of carbonyl (C=O) groups excluding carboxylic acids is 1. The summed E-state index contributed by atoms with van der Waals surface area (Å²) in [5.74, 6) is -0.281. The third-order valence-electron chi connectivity index (χ3n) is 7.66. The van der Waals surface area contributed by atoms with Crippen LogP contribution in [-0.2, 0) is 33.7 Å². The van der Waals surface area contributed by atoms with Crippen LogP contribution in [0.3, 0.4) is 0 Å². The number of hydrogen-bond acceptors (Lipinski definition) is 5. The van der Waals surface area contributed by atoms with Crippen LogP contribution < -0.4 is 9.47 Å². The van der Waals surface area contributed by atoms with E-state index in [9.17, 15) is 14.7 Å². The van der Waals surface area contributed by atoms with E-state index in [1.54, 1.807) is 7.11 Å². The molecule has 2 atom stereocenters. The van der Waals surface area contributed by atoms with E-state index in [2.05, 4.69) is 0 Å². The summed E-state index contributed by atoms with van der Waals surface area (Å²) in [5, 5.41) is 10.3. The van der Waals surface area contributed by atoms with E-state index in [1.807, 2.05) is 72.8 Å². The molecule has 1 aliphatic heterocycles. The van der Waals surface area contributed by atoms with E-state index in [1.165, 1.54) is 4.90 Å². The molecule has 1 heterocycles. The van der Waals surface area contributed by atoms with Crippen molar-refractivity contribution in [1.29, 1.82) is 0 Å². The second-order valence-corrected chi connectivity index (χ2v) is 10.2. The van der Waals surface area contributed by atoms with Crippen LogP contribution in [-0.4, -0.2) is 47.7 Å². The van der Waals surface area contributed by atoms with Crippen molar-refractivity contribution in [3.8, 4) is 11.5 Å². The van der Waals surface area contributed by atoms with Crippen LogP contribution >= 0.6 is 0 Å². The van der Waals surface area contributed by atoms with Crippen molar-refractivity contribution in [2.45, 2.75) is 63.3 Å². The Labute approximate surface area is 229 Å². The van der Waals surface area contributed by atoms with Gasteiger partial charge in [0.2, 0.25) is 0 Å². The highest BCUT2D eigenvalue weighted by molar-refractivity contribution is 5.88. The van der Waals surface area contributed by atoms with Crippen LogP contribution in [0.5, 0.6) is 11.5 Å². The van der Waals surface area contributed by atoms with Gasteiger partial charge in [-0.25, -0.2) is 4.79 Å². The summed E-state index contributed by atoms with van der Waals surface area (Å²) in [4.78, 5) is 28.0. The first-order chi connectivity index (χ1) is 19.0. The highest BCUT2D eigenvalue weighted by atomic mass is 16.5. The Hall–Kier alpha value is -3.84. The average Bonchev–Trinajstić information content (AvgIpc) is 3.49. The van der Waals surface area contributed by atoms with Gasteiger partial charge < -0.3 is 24.2 Å². The maximum Gasteiger partial charge on any atom is 0.326 e. The van der Waals surface area contributed by atoms with Crippen LogP contribution in [0, 0.1) is 0 Å². The zero-order valence-corrected chi connectivity index (χ0v) is 22.3. The number of carboxylic acids is 1. The van der Waals surface area contributed by atoms with E-state index >= 15 is 0 Å². The van der Waals surface area contributed by atoms with Gasteiger partial charge in [-0.2, -0.15) is 0 Å². The van der Waals surface area contributed by atoms with Gasteiger partial charge in [-0.3, -0.25) is 4.79 Å². The number of fused-ring (bicyclic) bond motifs is 1. The second-order valence-electron chi connectivity index (χ2n) is 10.2. The number of benzene rings is 3. The first-order valence-electron chi connectivity index (χ1n) is 13.6. The van der Waals surface area contributed by atoms with E-state index in [0.717, 1.165) is 47.9 Å². The molecule has 0 spiro atoms. The van der Waals surface area contributed by atoms with Crippen LogP contribution in [0.15, 0.2) is 72.8 Å². The number of hydrogen-bond donors (Lipinski definition) is 1. The van der Waals surface area contributed by atoms with Crippen molar-refractivity contribution in [2.24, 2.45) is 0 Å². The minimum Gasteiger partial charge on any atom is -0.493 e. The van der Waals surface area contributed by atoms with Gasteiger partial charge in [-0.1, -0.05) is 79.6 Å². The average molecular weight is 530 g/mol. The normalized spacial score (nSPS) is 17.9. The molecule has 1 N–H and O–H groups in total. The molecule has 0 saturated heterocycles. The fourth-order valence-electron chi connectivity index (χ4n) is 5.58. The number of nitrogens with zero attached hydrogens (tertiary/aromatic N) is 1. The van der Waals surface area contributed by atoms with E-state index in [-0.39, 0.29) is 25.0 Å². The van der Waals surface area contributed by atoms with E-state index in [0.29, 0.717) is 24.5 Å². The monoisotopic (exact) mass is 529 g/mol. The molecule has 0 bridgehead atoms. The van der Waals surface area contributed by atoms with Crippen molar-refractivity contribution in [1.82, 2.24) is 4.90 Å². The molecular weight excluding hydrogens is 494 g/mol. The smallest absolute Gasteiger partial charge is 0.326 e. The summed E-state index contributed by atoms with van der Waals surface area (Å²) < 4.78 is 18.2. The van der Waals surface area contributed by atoms with Crippen molar-refractivity contribution in [3.63, 3.8) is 0 Å². The standard InChI is InChI=1S/C32H35NO6/c1-37-28-17-16-24-21-33(31(34)29(23-12-6-3-7-13-23)39-25-14-8-9-15-25)27(32(35)36)20-26(24)30(28)38-19-18-22-10-4-2-5-11-22/h2-7,10-13,16-17,25,27,29H,8-9,14-15,18-21H2,1H3,(H,35,36)/t27-,29-/m0/s1. The number of methoxy groups -OCH3 is 1. The Kier molecular flexibility index (Phi) is 8.47. The summed E-state index contributed by atoms with van der Waals surface area (Å²) in [6.07, 6.45) is 3.94. The number of aliphatic carboxylic acids is 1. The zero-order chi connectivity index (χ0) is 27.2. The molecule has 0 aromatic heterocycles. The van der Waals surface area contributed by atoms with Gasteiger partial charge >= 0.3 is 5.97 Å². The molecule has 5 rings (SSSR count). The van der Waals surface area contributed by atoms with Crippen LogP contribution in [0.2, 0.25) is 0 Å². The van der Waals surface area contributed by atoms with Crippen molar-refractivity contribution in [3.05, 3.63) is 95.1 Å².